The van der Waals surface area contributed by atoms with E-state index in [0.717, 1.165) is 6.20 Å². The smallest absolute Gasteiger partial charge is 0.382 e. The minimum absolute atomic E-state index is 0.115. The molecule has 1 aromatic rings. The normalized spacial score (nSPS) is 18.3. The van der Waals surface area contributed by atoms with E-state index in [0.29, 0.717) is 32.0 Å². The van der Waals surface area contributed by atoms with Crippen molar-refractivity contribution in [2.24, 2.45) is 0 Å². The highest BCUT2D eigenvalue weighted by Crippen LogP contribution is 2.22. The Morgan fingerprint density at radius 1 is 1.32 bits per heavy atom. The molecule has 0 spiro atoms. The van der Waals surface area contributed by atoms with Crippen molar-refractivity contribution in [1.29, 1.82) is 0 Å². The molecule has 2 heterocycles. The zero-order valence-electron chi connectivity index (χ0n) is 11.5. The Kier molecular flexibility index (Phi) is 4.81. The highest BCUT2D eigenvalue weighted by atomic mass is 19.4. The molecule has 1 atom stereocenters. The van der Waals surface area contributed by atoms with E-state index in [-0.39, 0.29) is 5.69 Å². The molecule has 22 heavy (non-hydrogen) atoms. The molecule has 0 saturated carbocycles. The van der Waals surface area contributed by atoms with Crippen molar-refractivity contribution in [3.63, 3.8) is 0 Å². The van der Waals surface area contributed by atoms with Gasteiger partial charge in [-0.05, 0) is 6.07 Å². The zero-order valence-corrected chi connectivity index (χ0v) is 11.5. The molecular formula is C12H15F3N4O3. The zero-order chi connectivity index (χ0) is 16.3. The van der Waals surface area contributed by atoms with Gasteiger partial charge < -0.3 is 10.0 Å². The first kappa shape index (κ1) is 16.4. The molecule has 0 radical (unpaired) electrons. The molecule has 0 aromatic carbocycles. The molecule has 0 amide bonds. The summed E-state index contributed by atoms with van der Waals surface area (Å²) in [7, 11) is 0. The predicted octanol–water partition coefficient (Wildman–Crippen LogP) is 1.04. The predicted molar refractivity (Wildman–Crippen MR) is 71.6 cm³/mol. The summed E-state index contributed by atoms with van der Waals surface area (Å²) in [5, 5.41) is 19.6. The third-order valence-electron chi connectivity index (χ3n) is 3.45. The number of nitro groups is 1. The molecule has 0 bridgehead atoms. The summed E-state index contributed by atoms with van der Waals surface area (Å²) in [5.74, 6) is 0.543. The maximum Gasteiger partial charge on any atom is 0.415 e. The van der Waals surface area contributed by atoms with Gasteiger partial charge in [-0.2, -0.15) is 13.2 Å². The van der Waals surface area contributed by atoms with Gasteiger partial charge in [0.15, 0.2) is 6.10 Å². The summed E-state index contributed by atoms with van der Waals surface area (Å²) in [6.07, 6.45) is -5.82. The van der Waals surface area contributed by atoms with Gasteiger partial charge >= 0.3 is 6.18 Å². The van der Waals surface area contributed by atoms with Gasteiger partial charge in [0, 0.05) is 38.8 Å². The minimum Gasteiger partial charge on any atom is -0.382 e. The van der Waals surface area contributed by atoms with E-state index < -0.39 is 23.7 Å². The van der Waals surface area contributed by atoms with Gasteiger partial charge in [0.05, 0.1) is 4.92 Å². The van der Waals surface area contributed by atoms with Crippen LogP contribution in [-0.2, 0) is 0 Å². The van der Waals surface area contributed by atoms with Gasteiger partial charge in [0.25, 0.3) is 5.69 Å². The number of rotatable bonds is 4. The minimum atomic E-state index is -4.61. The van der Waals surface area contributed by atoms with Gasteiger partial charge in [-0.1, -0.05) is 0 Å². The van der Waals surface area contributed by atoms with Crippen LogP contribution < -0.4 is 4.90 Å². The Bertz CT molecular complexity index is 515. The first-order valence-corrected chi connectivity index (χ1v) is 6.60. The fourth-order valence-corrected chi connectivity index (χ4v) is 2.18. The first-order valence-electron chi connectivity index (χ1n) is 6.60. The molecule has 122 valence electrons. The number of alkyl halides is 3. The van der Waals surface area contributed by atoms with E-state index in [9.17, 15) is 23.3 Å². The second kappa shape index (κ2) is 6.44. The van der Waals surface area contributed by atoms with Crippen LogP contribution in [0, 0.1) is 10.1 Å². The fraction of sp³-hybridized carbons (Fsp3) is 0.583. The number of aromatic nitrogens is 1. The largest absolute Gasteiger partial charge is 0.415 e. The Labute approximate surface area is 124 Å². The summed E-state index contributed by atoms with van der Waals surface area (Å²) in [6.45, 7) is 1.13. The van der Waals surface area contributed by atoms with Crippen molar-refractivity contribution < 1.29 is 23.2 Å². The molecule has 1 aliphatic rings. The van der Waals surface area contributed by atoms with Crippen LogP contribution in [0.3, 0.4) is 0 Å². The van der Waals surface area contributed by atoms with Crippen molar-refractivity contribution >= 4 is 11.5 Å². The third kappa shape index (κ3) is 4.04. The molecule has 1 aromatic heterocycles. The second-order valence-electron chi connectivity index (χ2n) is 4.98. The Morgan fingerprint density at radius 2 is 1.95 bits per heavy atom. The molecule has 0 aliphatic carbocycles. The summed E-state index contributed by atoms with van der Waals surface area (Å²) < 4.78 is 36.9. The molecule has 7 nitrogen and oxygen atoms in total. The lowest BCUT2D eigenvalue weighted by molar-refractivity contribution is -0.385. The summed E-state index contributed by atoms with van der Waals surface area (Å²) >= 11 is 0. The van der Waals surface area contributed by atoms with Crippen LogP contribution in [0.1, 0.15) is 0 Å². The molecule has 1 aliphatic heterocycles. The number of aliphatic hydroxyl groups excluding tert-OH is 1. The molecule has 1 saturated heterocycles. The van der Waals surface area contributed by atoms with Crippen LogP contribution in [0.4, 0.5) is 24.7 Å². The van der Waals surface area contributed by atoms with E-state index >= 15 is 0 Å². The quantitative estimate of drug-likeness (QED) is 0.659. The van der Waals surface area contributed by atoms with E-state index in [1.165, 1.54) is 17.0 Å². The topological polar surface area (TPSA) is 82.7 Å². The SMILES string of the molecule is O=[N+]([O-])c1ccc(N2CCN(C[C@@H](O)C(F)(F)F)CC2)nc1. The van der Waals surface area contributed by atoms with Gasteiger partial charge in [0.2, 0.25) is 0 Å². The van der Waals surface area contributed by atoms with Gasteiger partial charge in [-0.3, -0.25) is 15.0 Å². The Morgan fingerprint density at radius 3 is 2.41 bits per heavy atom. The van der Waals surface area contributed by atoms with Crippen molar-refractivity contribution in [1.82, 2.24) is 9.88 Å². The Balaban J connectivity index is 1.88. The average Bonchev–Trinajstić information content (AvgIpc) is 2.47. The number of hydrogen-bond acceptors (Lipinski definition) is 6. The summed E-state index contributed by atoms with van der Waals surface area (Å²) in [5.41, 5.74) is -0.115. The van der Waals surface area contributed by atoms with Crippen LogP contribution in [0.25, 0.3) is 0 Å². The number of anilines is 1. The highest BCUT2D eigenvalue weighted by molar-refractivity contribution is 5.43. The maximum absolute atomic E-state index is 12.3. The molecule has 1 N–H and O–H groups in total. The Hall–Kier alpha value is -1.94. The number of hydrogen-bond donors (Lipinski definition) is 1. The van der Waals surface area contributed by atoms with Crippen LogP contribution in [0.15, 0.2) is 18.3 Å². The third-order valence-corrected chi connectivity index (χ3v) is 3.45. The van der Waals surface area contributed by atoms with Gasteiger partial charge in [-0.15, -0.1) is 0 Å². The summed E-state index contributed by atoms with van der Waals surface area (Å²) in [4.78, 5) is 17.3. The van der Waals surface area contributed by atoms with E-state index in [1.54, 1.807) is 0 Å². The van der Waals surface area contributed by atoms with Gasteiger partial charge in [-0.25, -0.2) is 4.98 Å². The molecular weight excluding hydrogens is 305 g/mol. The van der Waals surface area contributed by atoms with Crippen molar-refractivity contribution in [2.45, 2.75) is 12.3 Å². The average molecular weight is 320 g/mol. The van der Waals surface area contributed by atoms with Crippen LogP contribution in [0.5, 0.6) is 0 Å². The van der Waals surface area contributed by atoms with Crippen LogP contribution in [0.2, 0.25) is 0 Å². The monoisotopic (exact) mass is 320 g/mol. The lowest BCUT2D eigenvalue weighted by Gasteiger charge is -2.36. The van der Waals surface area contributed by atoms with Crippen LogP contribution >= 0.6 is 0 Å². The van der Waals surface area contributed by atoms with Crippen molar-refractivity contribution in [3.8, 4) is 0 Å². The van der Waals surface area contributed by atoms with E-state index in [2.05, 4.69) is 4.98 Å². The molecule has 10 heteroatoms. The van der Waals surface area contributed by atoms with Crippen molar-refractivity contribution in [3.05, 3.63) is 28.4 Å². The van der Waals surface area contributed by atoms with Crippen LogP contribution in [-0.4, -0.2) is 64.9 Å². The lowest BCUT2D eigenvalue weighted by Crippen LogP contribution is -2.51. The second-order valence-corrected chi connectivity index (χ2v) is 4.98. The van der Waals surface area contributed by atoms with Crippen molar-refractivity contribution in [2.75, 3.05) is 37.6 Å². The number of pyridine rings is 1. The lowest BCUT2D eigenvalue weighted by atomic mass is 10.2. The maximum atomic E-state index is 12.3. The number of nitrogens with zero attached hydrogens (tertiary/aromatic N) is 4. The number of aliphatic hydroxyl groups is 1. The molecule has 0 unspecified atom stereocenters. The number of halogens is 3. The summed E-state index contributed by atoms with van der Waals surface area (Å²) in [6, 6.07) is 2.85. The van der Waals surface area contributed by atoms with Gasteiger partial charge in [0.1, 0.15) is 12.0 Å². The molecule has 1 fully saturated rings. The number of piperazine rings is 1. The highest BCUT2D eigenvalue weighted by Gasteiger charge is 2.39. The van der Waals surface area contributed by atoms with E-state index in [4.69, 9.17) is 5.11 Å². The first-order chi connectivity index (χ1) is 10.3. The fourth-order valence-electron chi connectivity index (χ4n) is 2.18. The standard InChI is InChI=1S/C12H15F3N4O3/c13-12(14,15)10(20)8-17-3-5-18(6-4-17)11-2-1-9(7-16-11)19(21)22/h1-2,7,10,20H,3-6,8H2/t10-/m1/s1. The molecule has 2 rings (SSSR count). The van der Waals surface area contributed by atoms with E-state index in [1.807, 2.05) is 4.90 Å². The number of β-amino-alcohol motifs (C(OH)–C–C–N with tert-alkyl or cyclic N) is 1.